The molecule has 0 saturated heterocycles. The molecule has 1 atom stereocenters. The molecule has 422 valence electrons. The summed E-state index contributed by atoms with van der Waals surface area (Å²) in [6, 6.07) is 0. The number of carbonyl (C=O) groups excluding carboxylic acids is 3. The van der Waals surface area contributed by atoms with Crippen LogP contribution in [0.2, 0.25) is 0 Å². The third-order valence-corrected chi connectivity index (χ3v) is 13.7. The Balaban J connectivity index is 4.04. The summed E-state index contributed by atoms with van der Waals surface area (Å²) < 4.78 is 16.8. The van der Waals surface area contributed by atoms with Crippen molar-refractivity contribution in [3.05, 3.63) is 72.9 Å². The molecule has 0 spiro atoms. The minimum Gasteiger partial charge on any atom is -0.462 e. The summed E-state index contributed by atoms with van der Waals surface area (Å²) in [4.78, 5) is 38.1. The lowest BCUT2D eigenvalue weighted by Crippen LogP contribution is -2.30. The van der Waals surface area contributed by atoms with Crippen LogP contribution >= 0.6 is 0 Å². The molecule has 0 aliphatic heterocycles. The first-order valence-electron chi connectivity index (χ1n) is 31.4. The average Bonchev–Trinajstić information content (AvgIpc) is 3.39. The highest BCUT2D eigenvalue weighted by atomic mass is 16.6. The fourth-order valence-electron chi connectivity index (χ4n) is 9.00. The summed E-state index contributed by atoms with van der Waals surface area (Å²) in [7, 11) is 0. The summed E-state index contributed by atoms with van der Waals surface area (Å²) in [6.07, 6.45) is 79.3. The molecule has 0 aromatic rings. The SMILES string of the molecule is CC/C=C\C/C=C\C/C=C\C/C=C\C/C=C\CCCCCCCCCCCCCCCCCCCC(=O)OCC(COC(=O)CCCCCCCCCCCC)OC(=O)CCCCCCC/C=C\CCCCC. The summed E-state index contributed by atoms with van der Waals surface area (Å²) in [5, 5.41) is 0. The maximum absolute atomic E-state index is 12.8. The van der Waals surface area contributed by atoms with E-state index in [-0.39, 0.29) is 31.1 Å². The maximum Gasteiger partial charge on any atom is 0.306 e. The topological polar surface area (TPSA) is 78.9 Å². The Morgan fingerprint density at radius 1 is 0.288 bits per heavy atom. The lowest BCUT2D eigenvalue weighted by atomic mass is 10.0. The minimum atomic E-state index is -0.774. The van der Waals surface area contributed by atoms with Crippen LogP contribution in [0.15, 0.2) is 72.9 Å². The maximum atomic E-state index is 12.8. The van der Waals surface area contributed by atoms with E-state index in [1.165, 1.54) is 173 Å². The lowest BCUT2D eigenvalue weighted by Gasteiger charge is -2.18. The molecule has 0 radical (unpaired) electrons. The number of unbranched alkanes of at least 4 members (excludes halogenated alkanes) is 34. The van der Waals surface area contributed by atoms with Gasteiger partial charge in [-0.2, -0.15) is 0 Å². The van der Waals surface area contributed by atoms with Gasteiger partial charge in [-0.25, -0.2) is 0 Å². The van der Waals surface area contributed by atoms with Gasteiger partial charge in [-0.3, -0.25) is 14.4 Å². The molecule has 73 heavy (non-hydrogen) atoms. The Morgan fingerprint density at radius 2 is 0.534 bits per heavy atom. The van der Waals surface area contributed by atoms with Gasteiger partial charge >= 0.3 is 17.9 Å². The Hall–Kier alpha value is -3.15. The van der Waals surface area contributed by atoms with Crippen LogP contribution in [0.1, 0.15) is 316 Å². The highest BCUT2D eigenvalue weighted by molar-refractivity contribution is 5.71. The van der Waals surface area contributed by atoms with Gasteiger partial charge in [-0.1, -0.05) is 280 Å². The number of carbonyl (C=O) groups is 3. The van der Waals surface area contributed by atoms with Crippen LogP contribution in [0.4, 0.5) is 0 Å². The van der Waals surface area contributed by atoms with E-state index in [2.05, 4.69) is 93.7 Å². The zero-order valence-corrected chi connectivity index (χ0v) is 48.4. The first-order chi connectivity index (χ1) is 36.0. The Kier molecular flexibility index (Phi) is 58.7. The second kappa shape index (κ2) is 61.4. The zero-order valence-electron chi connectivity index (χ0n) is 48.4. The molecule has 1 unspecified atom stereocenters. The van der Waals surface area contributed by atoms with E-state index in [0.717, 1.165) is 103 Å². The van der Waals surface area contributed by atoms with Gasteiger partial charge in [0.25, 0.3) is 0 Å². The number of hydrogen-bond donors (Lipinski definition) is 0. The van der Waals surface area contributed by atoms with Crippen molar-refractivity contribution in [1.29, 1.82) is 0 Å². The van der Waals surface area contributed by atoms with Crippen LogP contribution in [-0.4, -0.2) is 37.2 Å². The van der Waals surface area contributed by atoms with Gasteiger partial charge in [-0.15, -0.1) is 0 Å². The number of rotatable bonds is 57. The number of ether oxygens (including phenoxy) is 3. The average molecular weight is 1020 g/mol. The Labute approximate surface area is 453 Å². The zero-order chi connectivity index (χ0) is 52.9. The van der Waals surface area contributed by atoms with Gasteiger partial charge in [0.15, 0.2) is 6.10 Å². The molecule has 0 amide bonds. The second-order valence-corrected chi connectivity index (χ2v) is 20.9. The van der Waals surface area contributed by atoms with E-state index >= 15 is 0 Å². The molecule has 6 heteroatoms. The normalized spacial score (nSPS) is 12.5. The summed E-state index contributed by atoms with van der Waals surface area (Å²) >= 11 is 0. The summed E-state index contributed by atoms with van der Waals surface area (Å²) in [5.41, 5.74) is 0. The van der Waals surface area contributed by atoms with Crippen LogP contribution in [-0.2, 0) is 28.6 Å². The largest absolute Gasteiger partial charge is 0.462 e. The van der Waals surface area contributed by atoms with Crippen LogP contribution < -0.4 is 0 Å². The second-order valence-electron chi connectivity index (χ2n) is 20.9. The summed E-state index contributed by atoms with van der Waals surface area (Å²) in [5.74, 6) is -0.872. The van der Waals surface area contributed by atoms with Crippen molar-refractivity contribution in [2.75, 3.05) is 13.2 Å². The predicted octanol–water partition coefficient (Wildman–Crippen LogP) is 21.3. The van der Waals surface area contributed by atoms with E-state index in [9.17, 15) is 14.4 Å². The highest BCUT2D eigenvalue weighted by Gasteiger charge is 2.19. The quantitative estimate of drug-likeness (QED) is 0.0261. The van der Waals surface area contributed by atoms with Gasteiger partial charge in [0.2, 0.25) is 0 Å². The number of allylic oxidation sites excluding steroid dienone is 12. The molecule has 0 aliphatic carbocycles. The molecule has 0 aromatic heterocycles. The van der Waals surface area contributed by atoms with Crippen LogP contribution in [0, 0.1) is 0 Å². The molecule has 0 N–H and O–H groups in total. The smallest absolute Gasteiger partial charge is 0.306 e. The van der Waals surface area contributed by atoms with Crippen LogP contribution in [0.25, 0.3) is 0 Å². The van der Waals surface area contributed by atoms with Crippen LogP contribution in [0.5, 0.6) is 0 Å². The Morgan fingerprint density at radius 3 is 0.877 bits per heavy atom. The van der Waals surface area contributed by atoms with Crippen LogP contribution in [0.3, 0.4) is 0 Å². The first-order valence-corrected chi connectivity index (χ1v) is 31.4. The van der Waals surface area contributed by atoms with Crippen molar-refractivity contribution in [3.63, 3.8) is 0 Å². The molecule has 0 rings (SSSR count). The third kappa shape index (κ3) is 59.6. The van der Waals surface area contributed by atoms with Gasteiger partial charge < -0.3 is 14.2 Å². The van der Waals surface area contributed by atoms with E-state index in [4.69, 9.17) is 14.2 Å². The first kappa shape index (κ1) is 69.8. The monoisotopic (exact) mass is 1020 g/mol. The van der Waals surface area contributed by atoms with Crippen molar-refractivity contribution in [3.8, 4) is 0 Å². The molecule has 0 heterocycles. The van der Waals surface area contributed by atoms with Crippen molar-refractivity contribution < 1.29 is 28.6 Å². The molecule has 6 nitrogen and oxygen atoms in total. The molecule has 0 saturated carbocycles. The molecule has 0 bridgehead atoms. The van der Waals surface area contributed by atoms with Gasteiger partial charge in [0, 0.05) is 19.3 Å². The van der Waals surface area contributed by atoms with Crippen molar-refractivity contribution >= 4 is 17.9 Å². The third-order valence-electron chi connectivity index (χ3n) is 13.7. The van der Waals surface area contributed by atoms with Crippen molar-refractivity contribution in [2.45, 2.75) is 322 Å². The Bertz CT molecular complexity index is 1360. The van der Waals surface area contributed by atoms with Gasteiger partial charge in [0.05, 0.1) is 0 Å². The van der Waals surface area contributed by atoms with E-state index in [1.807, 2.05) is 0 Å². The molecular formula is C67H118O6. The number of hydrogen-bond acceptors (Lipinski definition) is 6. The predicted molar refractivity (Wildman–Crippen MR) is 316 cm³/mol. The van der Waals surface area contributed by atoms with Crippen molar-refractivity contribution in [2.24, 2.45) is 0 Å². The van der Waals surface area contributed by atoms with Gasteiger partial charge in [0.1, 0.15) is 13.2 Å². The molecule has 0 aromatic carbocycles. The standard InChI is InChI=1S/C67H118O6/c1-4-7-10-13-16-19-22-24-25-26-27-28-29-30-31-32-33-34-35-36-37-38-39-40-41-42-43-44-46-48-51-54-57-60-66(69)72-63-64(62-71-65(68)59-56-53-50-47-21-18-15-12-9-6-3)73-67(70)61-58-55-52-49-45-23-20-17-14-11-8-5-2/h7,10,16-17,19-20,24-25,27-28,30-31,64H,4-6,8-9,11-15,18,21-23,26,29,32-63H2,1-3H3/b10-7-,19-16-,20-17-,25-24-,28-27-,31-30-. The fourth-order valence-corrected chi connectivity index (χ4v) is 9.00. The highest BCUT2D eigenvalue weighted by Crippen LogP contribution is 2.17. The van der Waals surface area contributed by atoms with Gasteiger partial charge in [-0.05, 0) is 89.9 Å². The minimum absolute atomic E-state index is 0.0735. The lowest BCUT2D eigenvalue weighted by molar-refractivity contribution is -0.167. The number of esters is 3. The van der Waals surface area contributed by atoms with E-state index < -0.39 is 6.10 Å². The molecule has 0 fully saturated rings. The summed E-state index contributed by atoms with van der Waals surface area (Å²) in [6.45, 7) is 6.51. The van der Waals surface area contributed by atoms with Crippen molar-refractivity contribution in [1.82, 2.24) is 0 Å². The molecular weight excluding hydrogens is 901 g/mol. The molecule has 0 aliphatic rings. The van der Waals surface area contributed by atoms with E-state index in [0.29, 0.717) is 19.3 Å². The van der Waals surface area contributed by atoms with E-state index in [1.54, 1.807) is 0 Å². The fraction of sp³-hybridized carbons (Fsp3) is 0.776.